The average Bonchev–Trinajstić information content (AvgIpc) is 2.20. The number of hydrogen-bond acceptors (Lipinski definition) is 2. The summed E-state index contributed by atoms with van der Waals surface area (Å²) in [6.07, 6.45) is 5.66. The van der Waals surface area contributed by atoms with E-state index in [0.29, 0.717) is 6.10 Å². The van der Waals surface area contributed by atoms with E-state index in [1.54, 1.807) is 0 Å². The second-order valence-electron chi connectivity index (χ2n) is 4.46. The van der Waals surface area contributed by atoms with Crippen molar-refractivity contribution in [3.8, 4) is 0 Å². The van der Waals surface area contributed by atoms with Crippen LogP contribution in [-0.2, 0) is 9.47 Å². The molecule has 0 aromatic rings. The molecule has 0 amide bonds. The summed E-state index contributed by atoms with van der Waals surface area (Å²) in [5.74, 6) is 1.55. The minimum atomic E-state index is 0.487. The van der Waals surface area contributed by atoms with E-state index in [0.717, 1.165) is 31.7 Å². The summed E-state index contributed by atoms with van der Waals surface area (Å²) in [5.41, 5.74) is 0. The highest BCUT2D eigenvalue weighted by Gasteiger charge is 2.27. The summed E-state index contributed by atoms with van der Waals surface area (Å²) >= 11 is 0. The van der Waals surface area contributed by atoms with Gasteiger partial charge < -0.3 is 9.47 Å². The molecule has 76 valence electrons. The molecule has 0 saturated carbocycles. The van der Waals surface area contributed by atoms with Crippen molar-refractivity contribution in [1.29, 1.82) is 0 Å². The molecule has 2 aliphatic heterocycles. The highest BCUT2D eigenvalue weighted by molar-refractivity contribution is 4.76. The zero-order chi connectivity index (χ0) is 9.10. The normalized spacial score (nSPS) is 41.8. The summed E-state index contributed by atoms with van der Waals surface area (Å²) in [4.78, 5) is 0. The minimum absolute atomic E-state index is 0.487. The molecule has 0 aromatic heterocycles. The molecule has 2 nitrogen and oxygen atoms in total. The van der Waals surface area contributed by atoms with Gasteiger partial charge in [0.1, 0.15) is 0 Å². The Labute approximate surface area is 80.6 Å². The molecular weight excluding hydrogens is 164 g/mol. The zero-order valence-corrected chi connectivity index (χ0v) is 8.50. The highest BCUT2D eigenvalue weighted by atomic mass is 16.5. The molecule has 2 aliphatic rings. The van der Waals surface area contributed by atoms with E-state index in [4.69, 9.17) is 9.47 Å². The number of ether oxygens (including phenoxy) is 2. The van der Waals surface area contributed by atoms with E-state index >= 15 is 0 Å². The molecule has 2 heteroatoms. The van der Waals surface area contributed by atoms with E-state index < -0.39 is 0 Å². The van der Waals surface area contributed by atoms with Crippen LogP contribution in [0.5, 0.6) is 0 Å². The van der Waals surface area contributed by atoms with Crippen molar-refractivity contribution in [2.75, 3.05) is 19.8 Å². The maximum atomic E-state index is 5.69. The molecule has 1 unspecified atom stereocenters. The van der Waals surface area contributed by atoms with Crippen molar-refractivity contribution < 1.29 is 9.47 Å². The Morgan fingerprint density at radius 3 is 2.46 bits per heavy atom. The lowest BCUT2D eigenvalue weighted by Gasteiger charge is -2.34. The van der Waals surface area contributed by atoms with Crippen molar-refractivity contribution in [1.82, 2.24) is 0 Å². The average molecular weight is 184 g/mol. The Kier molecular flexibility index (Phi) is 3.23. The van der Waals surface area contributed by atoms with Gasteiger partial charge in [0, 0.05) is 13.2 Å². The van der Waals surface area contributed by atoms with Gasteiger partial charge in [-0.15, -0.1) is 0 Å². The predicted molar refractivity (Wildman–Crippen MR) is 51.7 cm³/mol. The molecule has 2 rings (SSSR count). The van der Waals surface area contributed by atoms with Crippen LogP contribution in [-0.4, -0.2) is 25.9 Å². The third-order valence-corrected chi connectivity index (χ3v) is 3.40. The molecule has 2 heterocycles. The van der Waals surface area contributed by atoms with Crippen LogP contribution in [0.3, 0.4) is 0 Å². The Morgan fingerprint density at radius 2 is 1.85 bits per heavy atom. The fourth-order valence-electron chi connectivity index (χ4n) is 2.41. The number of hydrogen-bond donors (Lipinski definition) is 0. The molecule has 0 aliphatic carbocycles. The monoisotopic (exact) mass is 184 g/mol. The van der Waals surface area contributed by atoms with Crippen molar-refractivity contribution >= 4 is 0 Å². The van der Waals surface area contributed by atoms with Gasteiger partial charge in [-0.3, -0.25) is 0 Å². The van der Waals surface area contributed by atoms with Crippen LogP contribution in [0.4, 0.5) is 0 Å². The lowest BCUT2D eigenvalue weighted by Crippen LogP contribution is -2.33. The zero-order valence-electron chi connectivity index (χ0n) is 8.50. The van der Waals surface area contributed by atoms with Crippen LogP contribution in [0, 0.1) is 11.8 Å². The molecule has 3 atom stereocenters. The van der Waals surface area contributed by atoms with Gasteiger partial charge >= 0.3 is 0 Å². The molecule has 0 radical (unpaired) electrons. The first-order chi connectivity index (χ1) is 6.36. The molecular formula is C11H20O2. The first kappa shape index (κ1) is 9.47. The van der Waals surface area contributed by atoms with Crippen molar-refractivity contribution in [3.63, 3.8) is 0 Å². The standard InChI is InChI=1S/C11H20O2/c1-9-4-5-11(8-13-9)10-3-2-6-12-7-10/h9-11H,2-8H2,1H3/t9-,10?,11+/m1/s1. The van der Waals surface area contributed by atoms with Gasteiger partial charge in [0.25, 0.3) is 0 Å². The lowest BCUT2D eigenvalue weighted by molar-refractivity contribution is -0.0526. The third kappa shape index (κ3) is 2.44. The van der Waals surface area contributed by atoms with Gasteiger partial charge in [-0.1, -0.05) is 0 Å². The maximum Gasteiger partial charge on any atom is 0.0547 e. The topological polar surface area (TPSA) is 18.5 Å². The van der Waals surface area contributed by atoms with Gasteiger partial charge in [-0.2, -0.15) is 0 Å². The molecule has 2 saturated heterocycles. The second kappa shape index (κ2) is 4.43. The van der Waals surface area contributed by atoms with Crippen LogP contribution >= 0.6 is 0 Å². The molecule has 2 fully saturated rings. The van der Waals surface area contributed by atoms with Gasteiger partial charge in [-0.25, -0.2) is 0 Å². The Morgan fingerprint density at radius 1 is 1.00 bits per heavy atom. The van der Waals surface area contributed by atoms with Crippen molar-refractivity contribution in [2.24, 2.45) is 11.8 Å². The van der Waals surface area contributed by atoms with Gasteiger partial charge in [-0.05, 0) is 44.4 Å². The molecule has 13 heavy (non-hydrogen) atoms. The van der Waals surface area contributed by atoms with E-state index in [2.05, 4.69) is 6.92 Å². The molecule has 0 bridgehead atoms. The smallest absolute Gasteiger partial charge is 0.0547 e. The maximum absolute atomic E-state index is 5.69. The van der Waals surface area contributed by atoms with Crippen LogP contribution in [0.25, 0.3) is 0 Å². The first-order valence-corrected chi connectivity index (χ1v) is 5.55. The second-order valence-corrected chi connectivity index (χ2v) is 4.46. The van der Waals surface area contributed by atoms with Gasteiger partial charge in [0.15, 0.2) is 0 Å². The quantitative estimate of drug-likeness (QED) is 0.622. The van der Waals surface area contributed by atoms with E-state index in [-0.39, 0.29) is 0 Å². The SMILES string of the molecule is C[C@@H]1CC[C@H](C2CCCOC2)CO1. The Hall–Kier alpha value is -0.0800. The van der Waals surface area contributed by atoms with Gasteiger partial charge in [0.2, 0.25) is 0 Å². The minimum Gasteiger partial charge on any atom is -0.381 e. The fraction of sp³-hybridized carbons (Fsp3) is 1.00. The summed E-state index contributed by atoms with van der Waals surface area (Å²) in [6, 6.07) is 0. The predicted octanol–water partition coefficient (Wildman–Crippen LogP) is 2.23. The summed E-state index contributed by atoms with van der Waals surface area (Å²) in [7, 11) is 0. The van der Waals surface area contributed by atoms with Crippen molar-refractivity contribution in [2.45, 2.75) is 38.7 Å². The molecule has 0 aromatic carbocycles. The van der Waals surface area contributed by atoms with Crippen molar-refractivity contribution in [3.05, 3.63) is 0 Å². The van der Waals surface area contributed by atoms with E-state index in [1.807, 2.05) is 0 Å². The highest BCUT2D eigenvalue weighted by Crippen LogP contribution is 2.30. The van der Waals surface area contributed by atoms with E-state index in [1.165, 1.54) is 25.7 Å². The third-order valence-electron chi connectivity index (χ3n) is 3.40. The number of rotatable bonds is 1. The Balaban J connectivity index is 1.79. The molecule has 0 spiro atoms. The summed E-state index contributed by atoms with van der Waals surface area (Å²) in [5, 5.41) is 0. The van der Waals surface area contributed by atoms with Crippen LogP contribution in [0.2, 0.25) is 0 Å². The van der Waals surface area contributed by atoms with E-state index in [9.17, 15) is 0 Å². The Bertz CT molecular complexity index is 144. The van der Waals surface area contributed by atoms with Gasteiger partial charge in [0.05, 0.1) is 12.7 Å². The van der Waals surface area contributed by atoms with Crippen LogP contribution < -0.4 is 0 Å². The van der Waals surface area contributed by atoms with Crippen LogP contribution in [0.15, 0.2) is 0 Å². The summed E-state index contributed by atoms with van der Waals surface area (Å²) < 4.78 is 11.2. The van der Waals surface area contributed by atoms with Crippen LogP contribution in [0.1, 0.15) is 32.6 Å². The first-order valence-electron chi connectivity index (χ1n) is 5.55. The fourth-order valence-corrected chi connectivity index (χ4v) is 2.41. The largest absolute Gasteiger partial charge is 0.381 e. The lowest BCUT2D eigenvalue weighted by atomic mass is 9.83. The molecule has 0 N–H and O–H groups in total. The summed E-state index contributed by atoms with van der Waals surface area (Å²) in [6.45, 7) is 5.09.